The standard InChI is InChI=1S/C23H18FNO/c1-16-2-3-18(15-22(16)25-21-9-7-20(24)8-10-21)5-4-17-6-11-23-19(14-17)12-13-26-23/h2-15,25H,1H3/b5-4+. The van der Waals surface area contributed by atoms with Gasteiger partial charge in [0.1, 0.15) is 11.4 Å². The second-order valence-electron chi connectivity index (χ2n) is 6.26. The smallest absolute Gasteiger partial charge is 0.133 e. The summed E-state index contributed by atoms with van der Waals surface area (Å²) in [6, 6.07) is 20.7. The molecule has 0 spiro atoms. The highest BCUT2D eigenvalue weighted by atomic mass is 19.1. The monoisotopic (exact) mass is 343 g/mol. The largest absolute Gasteiger partial charge is 0.464 e. The van der Waals surface area contributed by atoms with Crippen molar-refractivity contribution in [3.8, 4) is 0 Å². The van der Waals surface area contributed by atoms with E-state index in [9.17, 15) is 4.39 Å². The number of aryl methyl sites for hydroxylation is 1. The summed E-state index contributed by atoms with van der Waals surface area (Å²) in [7, 11) is 0. The van der Waals surface area contributed by atoms with Crippen LogP contribution in [0.15, 0.2) is 77.4 Å². The molecule has 0 saturated carbocycles. The Bertz CT molecular complexity index is 1080. The quantitative estimate of drug-likeness (QED) is 0.412. The first kappa shape index (κ1) is 16.2. The predicted molar refractivity (Wildman–Crippen MR) is 106 cm³/mol. The first-order chi connectivity index (χ1) is 12.7. The zero-order valence-electron chi connectivity index (χ0n) is 14.4. The van der Waals surface area contributed by atoms with Crippen LogP contribution in [0, 0.1) is 12.7 Å². The van der Waals surface area contributed by atoms with Crippen LogP contribution in [0.3, 0.4) is 0 Å². The van der Waals surface area contributed by atoms with Crippen molar-refractivity contribution in [2.24, 2.45) is 0 Å². The van der Waals surface area contributed by atoms with Gasteiger partial charge in [-0.3, -0.25) is 0 Å². The fraction of sp³-hybridized carbons (Fsp3) is 0.0435. The first-order valence-electron chi connectivity index (χ1n) is 8.46. The number of fused-ring (bicyclic) bond motifs is 1. The van der Waals surface area contributed by atoms with Gasteiger partial charge in [0, 0.05) is 16.8 Å². The molecule has 1 N–H and O–H groups in total. The van der Waals surface area contributed by atoms with Crippen LogP contribution >= 0.6 is 0 Å². The molecule has 0 saturated heterocycles. The third kappa shape index (κ3) is 3.52. The van der Waals surface area contributed by atoms with E-state index < -0.39 is 0 Å². The van der Waals surface area contributed by atoms with Crippen LogP contribution in [0.25, 0.3) is 23.1 Å². The third-order valence-electron chi connectivity index (χ3n) is 4.33. The fourth-order valence-electron chi connectivity index (χ4n) is 2.85. The minimum absolute atomic E-state index is 0.237. The Morgan fingerprint density at radius 3 is 2.38 bits per heavy atom. The highest BCUT2D eigenvalue weighted by Gasteiger charge is 2.01. The first-order valence-corrected chi connectivity index (χ1v) is 8.46. The number of halogens is 1. The molecule has 0 aliphatic heterocycles. The summed E-state index contributed by atoms with van der Waals surface area (Å²) >= 11 is 0. The Hall–Kier alpha value is -3.33. The fourth-order valence-corrected chi connectivity index (χ4v) is 2.85. The van der Waals surface area contributed by atoms with E-state index in [0.717, 1.165) is 39.0 Å². The Morgan fingerprint density at radius 2 is 1.58 bits per heavy atom. The normalized spacial score (nSPS) is 11.3. The van der Waals surface area contributed by atoms with E-state index in [4.69, 9.17) is 4.42 Å². The lowest BCUT2D eigenvalue weighted by Crippen LogP contribution is -1.93. The summed E-state index contributed by atoms with van der Waals surface area (Å²) in [6.45, 7) is 2.05. The molecule has 1 aromatic heterocycles. The summed E-state index contributed by atoms with van der Waals surface area (Å²) in [5.41, 5.74) is 6.10. The van der Waals surface area contributed by atoms with Gasteiger partial charge >= 0.3 is 0 Å². The molecule has 1 heterocycles. The molecular formula is C23H18FNO. The van der Waals surface area contributed by atoms with Crippen molar-refractivity contribution >= 4 is 34.5 Å². The molecular weight excluding hydrogens is 325 g/mol. The lowest BCUT2D eigenvalue weighted by Gasteiger charge is -2.10. The van der Waals surface area contributed by atoms with Crippen molar-refractivity contribution in [3.05, 3.63) is 95.5 Å². The molecule has 0 amide bonds. The van der Waals surface area contributed by atoms with E-state index in [1.807, 2.05) is 25.1 Å². The molecule has 2 nitrogen and oxygen atoms in total. The lowest BCUT2D eigenvalue weighted by molar-refractivity contribution is 0.616. The predicted octanol–water partition coefficient (Wildman–Crippen LogP) is 6.79. The molecule has 0 unspecified atom stereocenters. The molecule has 0 fully saturated rings. The highest BCUT2D eigenvalue weighted by Crippen LogP contribution is 2.24. The SMILES string of the molecule is Cc1ccc(/C=C/c2ccc3occc3c2)cc1Nc1ccc(F)cc1. The Kier molecular flexibility index (Phi) is 4.28. The summed E-state index contributed by atoms with van der Waals surface area (Å²) < 4.78 is 18.4. The average Bonchev–Trinajstić information content (AvgIpc) is 3.12. The van der Waals surface area contributed by atoms with E-state index >= 15 is 0 Å². The van der Waals surface area contributed by atoms with Gasteiger partial charge in [-0.15, -0.1) is 0 Å². The van der Waals surface area contributed by atoms with Gasteiger partial charge < -0.3 is 9.73 Å². The van der Waals surface area contributed by atoms with Crippen LogP contribution in [-0.4, -0.2) is 0 Å². The lowest BCUT2D eigenvalue weighted by atomic mass is 10.1. The van der Waals surface area contributed by atoms with Crippen molar-refractivity contribution in [1.29, 1.82) is 0 Å². The van der Waals surface area contributed by atoms with E-state index in [2.05, 4.69) is 41.7 Å². The Labute approximate surface area is 151 Å². The molecule has 0 bridgehead atoms. The van der Waals surface area contributed by atoms with Crippen molar-refractivity contribution in [2.45, 2.75) is 6.92 Å². The second-order valence-corrected chi connectivity index (χ2v) is 6.26. The maximum atomic E-state index is 13.1. The highest BCUT2D eigenvalue weighted by molar-refractivity contribution is 5.82. The van der Waals surface area contributed by atoms with Crippen LogP contribution in [0.4, 0.5) is 15.8 Å². The summed E-state index contributed by atoms with van der Waals surface area (Å²) in [4.78, 5) is 0. The van der Waals surface area contributed by atoms with Gasteiger partial charge in [-0.1, -0.05) is 30.4 Å². The van der Waals surface area contributed by atoms with Crippen LogP contribution in [0.2, 0.25) is 0 Å². The molecule has 4 aromatic rings. The van der Waals surface area contributed by atoms with Gasteiger partial charge in [-0.25, -0.2) is 4.39 Å². The molecule has 3 aromatic carbocycles. The number of rotatable bonds is 4. The number of benzene rings is 3. The number of anilines is 2. The maximum absolute atomic E-state index is 13.1. The molecule has 0 radical (unpaired) electrons. The minimum Gasteiger partial charge on any atom is -0.464 e. The zero-order valence-corrected chi connectivity index (χ0v) is 14.4. The van der Waals surface area contributed by atoms with Crippen LogP contribution < -0.4 is 5.32 Å². The van der Waals surface area contributed by atoms with E-state index in [-0.39, 0.29) is 5.82 Å². The molecule has 0 aliphatic rings. The summed E-state index contributed by atoms with van der Waals surface area (Å²) in [5, 5.41) is 4.44. The number of furan rings is 1. The molecule has 0 atom stereocenters. The molecule has 0 aliphatic carbocycles. The van der Waals surface area contributed by atoms with Crippen molar-refractivity contribution in [2.75, 3.05) is 5.32 Å². The Morgan fingerprint density at radius 1 is 0.846 bits per heavy atom. The van der Waals surface area contributed by atoms with Crippen molar-refractivity contribution in [3.63, 3.8) is 0 Å². The summed E-state index contributed by atoms with van der Waals surface area (Å²) in [5.74, 6) is -0.237. The van der Waals surface area contributed by atoms with Gasteiger partial charge in [0.05, 0.1) is 6.26 Å². The second kappa shape index (κ2) is 6.89. The van der Waals surface area contributed by atoms with Gasteiger partial charge in [0.15, 0.2) is 0 Å². The van der Waals surface area contributed by atoms with E-state index in [1.54, 1.807) is 18.4 Å². The third-order valence-corrected chi connectivity index (χ3v) is 4.33. The molecule has 26 heavy (non-hydrogen) atoms. The number of hydrogen-bond acceptors (Lipinski definition) is 2. The molecule has 3 heteroatoms. The Balaban J connectivity index is 1.57. The van der Waals surface area contributed by atoms with Crippen molar-refractivity contribution in [1.82, 2.24) is 0 Å². The van der Waals surface area contributed by atoms with E-state index in [1.165, 1.54) is 12.1 Å². The topological polar surface area (TPSA) is 25.2 Å². The van der Waals surface area contributed by atoms with Crippen LogP contribution in [0.1, 0.15) is 16.7 Å². The van der Waals surface area contributed by atoms with E-state index in [0.29, 0.717) is 0 Å². The van der Waals surface area contributed by atoms with Crippen molar-refractivity contribution < 1.29 is 8.81 Å². The minimum atomic E-state index is -0.237. The van der Waals surface area contributed by atoms with Gasteiger partial charge in [0.25, 0.3) is 0 Å². The van der Waals surface area contributed by atoms with Gasteiger partial charge in [-0.2, -0.15) is 0 Å². The molecule has 128 valence electrons. The maximum Gasteiger partial charge on any atom is 0.133 e. The average molecular weight is 343 g/mol. The number of nitrogens with one attached hydrogen (secondary N) is 1. The van der Waals surface area contributed by atoms with Crippen LogP contribution in [-0.2, 0) is 0 Å². The zero-order chi connectivity index (χ0) is 17.9. The summed E-state index contributed by atoms with van der Waals surface area (Å²) in [6.07, 6.45) is 5.86. The number of hydrogen-bond donors (Lipinski definition) is 1. The molecule has 4 rings (SSSR count). The van der Waals surface area contributed by atoms with Gasteiger partial charge in [0.2, 0.25) is 0 Å². The van der Waals surface area contributed by atoms with Crippen LogP contribution in [0.5, 0.6) is 0 Å². The van der Waals surface area contributed by atoms with Gasteiger partial charge in [-0.05, 0) is 72.1 Å².